The highest BCUT2D eigenvalue weighted by atomic mass is 15.5. The molecule has 4 heteroatoms. The SMILES string of the molecule is CCC(CC)CNCc1cnn(-c2ccccc2)n1. The van der Waals surface area contributed by atoms with E-state index in [0.29, 0.717) is 0 Å². The van der Waals surface area contributed by atoms with Gasteiger partial charge < -0.3 is 5.32 Å². The van der Waals surface area contributed by atoms with E-state index in [0.717, 1.165) is 30.4 Å². The summed E-state index contributed by atoms with van der Waals surface area (Å²) in [5.74, 6) is 0.754. The Morgan fingerprint density at radius 2 is 1.89 bits per heavy atom. The molecule has 0 bridgehead atoms. The molecule has 1 heterocycles. The summed E-state index contributed by atoms with van der Waals surface area (Å²) >= 11 is 0. The van der Waals surface area contributed by atoms with Crippen molar-refractivity contribution in [2.24, 2.45) is 5.92 Å². The van der Waals surface area contributed by atoms with Crippen LogP contribution in [0.25, 0.3) is 5.69 Å². The van der Waals surface area contributed by atoms with Gasteiger partial charge in [0, 0.05) is 6.54 Å². The van der Waals surface area contributed by atoms with E-state index < -0.39 is 0 Å². The second-order valence-electron chi connectivity index (χ2n) is 4.77. The quantitative estimate of drug-likeness (QED) is 0.830. The van der Waals surface area contributed by atoms with Gasteiger partial charge in [-0.1, -0.05) is 44.9 Å². The highest BCUT2D eigenvalue weighted by Crippen LogP contribution is 2.06. The van der Waals surface area contributed by atoms with Crippen molar-refractivity contribution in [3.63, 3.8) is 0 Å². The molecular formula is C15H22N4. The largest absolute Gasteiger partial charge is 0.311 e. The standard InChI is InChI=1S/C15H22N4/c1-3-13(4-2)10-16-11-14-12-17-19(18-14)15-8-6-5-7-9-15/h5-9,12-13,16H,3-4,10-11H2,1-2H3. The predicted octanol–water partition coefficient (Wildman–Crippen LogP) is 2.79. The fraction of sp³-hybridized carbons (Fsp3) is 0.467. The van der Waals surface area contributed by atoms with Crippen molar-refractivity contribution in [2.45, 2.75) is 33.2 Å². The third-order valence-corrected chi connectivity index (χ3v) is 3.42. The van der Waals surface area contributed by atoms with Crippen LogP contribution in [0.3, 0.4) is 0 Å². The first-order chi connectivity index (χ1) is 9.33. The van der Waals surface area contributed by atoms with Gasteiger partial charge in [-0.15, -0.1) is 0 Å². The zero-order valence-electron chi connectivity index (χ0n) is 11.7. The molecule has 0 saturated heterocycles. The molecule has 0 fully saturated rings. The van der Waals surface area contributed by atoms with Crippen molar-refractivity contribution >= 4 is 0 Å². The van der Waals surface area contributed by atoms with E-state index in [9.17, 15) is 0 Å². The van der Waals surface area contributed by atoms with Gasteiger partial charge in [0.2, 0.25) is 0 Å². The molecule has 1 aromatic carbocycles. The number of benzene rings is 1. The lowest BCUT2D eigenvalue weighted by Gasteiger charge is -2.11. The van der Waals surface area contributed by atoms with E-state index >= 15 is 0 Å². The van der Waals surface area contributed by atoms with Crippen LogP contribution in [-0.4, -0.2) is 21.5 Å². The fourth-order valence-corrected chi connectivity index (χ4v) is 2.04. The Morgan fingerprint density at radius 3 is 2.58 bits per heavy atom. The minimum Gasteiger partial charge on any atom is -0.311 e. The number of nitrogens with one attached hydrogen (secondary N) is 1. The van der Waals surface area contributed by atoms with Gasteiger partial charge in [0.15, 0.2) is 0 Å². The highest BCUT2D eigenvalue weighted by Gasteiger charge is 2.05. The smallest absolute Gasteiger partial charge is 0.0969 e. The van der Waals surface area contributed by atoms with Gasteiger partial charge in [-0.3, -0.25) is 0 Å². The molecule has 1 aromatic heterocycles. The summed E-state index contributed by atoms with van der Waals surface area (Å²) in [6, 6.07) is 9.97. The van der Waals surface area contributed by atoms with E-state index in [1.807, 2.05) is 36.5 Å². The van der Waals surface area contributed by atoms with Crippen molar-refractivity contribution in [3.8, 4) is 5.69 Å². The topological polar surface area (TPSA) is 42.7 Å². The normalized spacial score (nSPS) is 11.1. The third kappa shape index (κ3) is 3.89. The summed E-state index contributed by atoms with van der Waals surface area (Å²) in [4.78, 5) is 1.67. The molecule has 102 valence electrons. The lowest BCUT2D eigenvalue weighted by atomic mass is 10.0. The molecule has 0 unspecified atom stereocenters. The van der Waals surface area contributed by atoms with Gasteiger partial charge in [0.1, 0.15) is 0 Å². The minimum atomic E-state index is 0.754. The van der Waals surface area contributed by atoms with Gasteiger partial charge in [0.25, 0.3) is 0 Å². The van der Waals surface area contributed by atoms with E-state index in [-0.39, 0.29) is 0 Å². The molecule has 1 N–H and O–H groups in total. The van der Waals surface area contributed by atoms with Crippen molar-refractivity contribution in [1.29, 1.82) is 0 Å². The summed E-state index contributed by atoms with van der Waals surface area (Å²) in [6.07, 6.45) is 4.27. The number of para-hydroxylation sites is 1. The van der Waals surface area contributed by atoms with Crippen LogP contribution < -0.4 is 5.32 Å². The molecule has 2 aromatic rings. The maximum Gasteiger partial charge on any atom is 0.0969 e. The average Bonchev–Trinajstić information content (AvgIpc) is 2.93. The average molecular weight is 258 g/mol. The van der Waals surface area contributed by atoms with Crippen LogP contribution in [0.15, 0.2) is 36.5 Å². The van der Waals surface area contributed by atoms with Crippen LogP contribution in [0.2, 0.25) is 0 Å². The van der Waals surface area contributed by atoms with Crippen molar-refractivity contribution in [1.82, 2.24) is 20.3 Å². The predicted molar refractivity (Wildman–Crippen MR) is 77.1 cm³/mol. The van der Waals surface area contributed by atoms with Crippen molar-refractivity contribution in [3.05, 3.63) is 42.2 Å². The summed E-state index contributed by atoms with van der Waals surface area (Å²) in [7, 11) is 0. The van der Waals surface area contributed by atoms with Gasteiger partial charge in [-0.05, 0) is 24.6 Å². The molecule has 2 rings (SSSR count). The zero-order valence-corrected chi connectivity index (χ0v) is 11.7. The Hall–Kier alpha value is -1.68. The monoisotopic (exact) mass is 258 g/mol. The fourth-order valence-electron chi connectivity index (χ4n) is 2.04. The molecule has 4 nitrogen and oxygen atoms in total. The molecule has 0 saturated carbocycles. The summed E-state index contributed by atoms with van der Waals surface area (Å²) in [6.45, 7) is 6.30. The minimum absolute atomic E-state index is 0.754. The van der Waals surface area contributed by atoms with E-state index in [1.54, 1.807) is 4.80 Å². The number of aromatic nitrogens is 3. The lowest BCUT2D eigenvalue weighted by Crippen LogP contribution is -2.22. The van der Waals surface area contributed by atoms with Crippen LogP contribution in [-0.2, 0) is 6.54 Å². The Bertz CT molecular complexity index is 474. The van der Waals surface area contributed by atoms with E-state index in [2.05, 4.69) is 29.4 Å². The first-order valence-electron chi connectivity index (χ1n) is 7.00. The second kappa shape index (κ2) is 7.04. The van der Waals surface area contributed by atoms with Crippen LogP contribution in [0.1, 0.15) is 32.4 Å². The Kier molecular flexibility index (Phi) is 5.10. The molecule has 0 spiro atoms. The first-order valence-corrected chi connectivity index (χ1v) is 7.00. The maximum absolute atomic E-state index is 4.47. The Labute approximate surface area is 114 Å². The number of nitrogens with zero attached hydrogens (tertiary/aromatic N) is 3. The summed E-state index contributed by atoms with van der Waals surface area (Å²) in [5, 5.41) is 12.2. The Morgan fingerprint density at radius 1 is 1.16 bits per heavy atom. The third-order valence-electron chi connectivity index (χ3n) is 3.42. The molecule has 19 heavy (non-hydrogen) atoms. The van der Waals surface area contributed by atoms with Crippen molar-refractivity contribution < 1.29 is 0 Å². The molecule has 0 aliphatic heterocycles. The van der Waals surface area contributed by atoms with Gasteiger partial charge in [0.05, 0.1) is 17.6 Å². The summed E-state index contributed by atoms with van der Waals surface area (Å²) < 4.78 is 0. The molecule has 0 atom stereocenters. The van der Waals surface area contributed by atoms with Crippen molar-refractivity contribution in [2.75, 3.05) is 6.54 Å². The Balaban J connectivity index is 1.88. The molecule has 0 amide bonds. The van der Waals surface area contributed by atoms with Crippen LogP contribution in [0.4, 0.5) is 0 Å². The molecule has 0 aliphatic carbocycles. The number of rotatable bonds is 7. The second-order valence-corrected chi connectivity index (χ2v) is 4.77. The molecular weight excluding hydrogens is 236 g/mol. The summed E-state index contributed by atoms with van der Waals surface area (Å²) in [5.41, 5.74) is 1.98. The van der Waals surface area contributed by atoms with Gasteiger partial charge >= 0.3 is 0 Å². The number of hydrogen-bond acceptors (Lipinski definition) is 3. The molecule has 0 radical (unpaired) electrons. The van der Waals surface area contributed by atoms with E-state index in [1.165, 1.54) is 12.8 Å². The van der Waals surface area contributed by atoms with Gasteiger partial charge in [-0.25, -0.2) is 0 Å². The van der Waals surface area contributed by atoms with Gasteiger partial charge in [-0.2, -0.15) is 15.0 Å². The van der Waals surface area contributed by atoms with Crippen LogP contribution in [0.5, 0.6) is 0 Å². The van der Waals surface area contributed by atoms with Crippen LogP contribution >= 0.6 is 0 Å². The van der Waals surface area contributed by atoms with Crippen LogP contribution in [0, 0.1) is 5.92 Å². The number of hydrogen-bond donors (Lipinski definition) is 1. The van der Waals surface area contributed by atoms with E-state index in [4.69, 9.17) is 0 Å². The first kappa shape index (κ1) is 13.7. The molecule has 0 aliphatic rings. The maximum atomic E-state index is 4.47. The zero-order chi connectivity index (χ0) is 13.5. The highest BCUT2D eigenvalue weighted by molar-refractivity contribution is 5.28. The lowest BCUT2D eigenvalue weighted by molar-refractivity contribution is 0.447.